The second-order valence-electron chi connectivity index (χ2n) is 9.08. The van der Waals surface area contributed by atoms with Gasteiger partial charge >= 0.3 is 0 Å². The van der Waals surface area contributed by atoms with Gasteiger partial charge in [-0.15, -0.1) is 0 Å². The number of aromatic nitrogens is 2. The van der Waals surface area contributed by atoms with E-state index in [-0.39, 0.29) is 10.3 Å². The van der Waals surface area contributed by atoms with E-state index in [4.69, 9.17) is 0 Å². The van der Waals surface area contributed by atoms with Crippen molar-refractivity contribution in [2.75, 3.05) is 5.32 Å². The maximum absolute atomic E-state index is 13.4. The molecule has 0 bridgehead atoms. The lowest BCUT2D eigenvalue weighted by molar-refractivity contribution is 0.588. The Labute approximate surface area is 190 Å². The highest BCUT2D eigenvalue weighted by atomic mass is 32.2. The molecule has 2 aromatic heterocycles. The Morgan fingerprint density at radius 2 is 1.72 bits per heavy atom. The van der Waals surface area contributed by atoms with Crippen LogP contribution in [0.25, 0.3) is 10.9 Å². The second-order valence-corrected chi connectivity index (χ2v) is 10.9. The molecule has 2 heterocycles. The summed E-state index contributed by atoms with van der Waals surface area (Å²) in [6.07, 6.45) is 6.46. The topological polar surface area (TPSA) is 64.0 Å². The van der Waals surface area contributed by atoms with E-state index in [2.05, 4.69) is 62.3 Å². The van der Waals surface area contributed by atoms with Crippen LogP contribution in [0.4, 0.5) is 11.4 Å². The monoisotopic (exact) mass is 447 g/mol. The molecule has 166 valence electrons. The average molecular weight is 448 g/mol. The van der Waals surface area contributed by atoms with Crippen molar-refractivity contribution in [3.8, 4) is 0 Å². The molecule has 0 saturated carbocycles. The van der Waals surface area contributed by atoms with Gasteiger partial charge in [-0.25, -0.2) is 12.4 Å². The van der Waals surface area contributed by atoms with Crippen LogP contribution in [0, 0.1) is 0 Å². The van der Waals surface area contributed by atoms with Gasteiger partial charge in [-0.2, -0.15) is 0 Å². The van der Waals surface area contributed by atoms with Crippen LogP contribution in [0.15, 0.2) is 78.1 Å². The summed E-state index contributed by atoms with van der Waals surface area (Å²) >= 11 is 0. The number of nitrogens with one attached hydrogen (secondary N) is 1. The molecular formula is C26H29N3O2S. The van der Waals surface area contributed by atoms with E-state index < -0.39 is 10.0 Å². The van der Waals surface area contributed by atoms with Crippen molar-refractivity contribution in [1.82, 2.24) is 8.96 Å². The SMILES string of the molecule is CCCc1cn(S(=O)(=O)c2cccnc2)c2cc(Nc3ccc(C(C)(C)C)cc3)ccc12. The molecule has 0 radical (unpaired) electrons. The summed E-state index contributed by atoms with van der Waals surface area (Å²) in [6, 6.07) is 17.5. The van der Waals surface area contributed by atoms with Crippen molar-refractivity contribution < 1.29 is 8.42 Å². The molecule has 0 spiro atoms. The van der Waals surface area contributed by atoms with Crippen LogP contribution < -0.4 is 5.32 Å². The number of pyridine rings is 1. The highest BCUT2D eigenvalue weighted by molar-refractivity contribution is 7.90. The van der Waals surface area contributed by atoms with Gasteiger partial charge in [0.05, 0.1) is 5.52 Å². The van der Waals surface area contributed by atoms with Gasteiger partial charge in [-0.1, -0.05) is 52.3 Å². The maximum atomic E-state index is 13.4. The zero-order valence-corrected chi connectivity index (χ0v) is 19.8. The van der Waals surface area contributed by atoms with Gasteiger partial charge in [0.25, 0.3) is 10.0 Å². The lowest BCUT2D eigenvalue weighted by Gasteiger charge is -2.19. The Kier molecular flexibility index (Phi) is 5.82. The molecule has 32 heavy (non-hydrogen) atoms. The smallest absolute Gasteiger partial charge is 0.269 e. The van der Waals surface area contributed by atoms with E-state index in [0.29, 0.717) is 5.52 Å². The molecule has 4 rings (SSSR count). The fourth-order valence-electron chi connectivity index (χ4n) is 3.84. The predicted octanol–water partition coefficient (Wildman–Crippen LogP) is 6.27. The minimum absolute atomic E-state index is 0.0919. The standard InChI is InChI=1S/C26H29N3O2S/c1-5-7-19-18-29(32(30,31)23-8-6-15-27-17-23)25-16-22(13-14-24(19)25)28-21-11-9-20(10-12-21)26(2,3)4/h6,8-18,28H,5,7H2,1-4H3. The first-order chi connectivity index (χ1) is 15.2. The molecule has 6 heteroatoms. The van der Waals surface area contributed by atoms with Crippen LogP contribution in [0.3, 0.4) is 0 Å². The quantitative estimate of drug-likeness (QED) is 0.378. The maximum Gasteiger partial charge on any atom is 0.269 e. The fourth-order valence-corrected chi connectivity index (χ4v) is 5.19. The van der Waals surface area contributed by atoms with Crippen molar-refractivity contribution in [1.29, 1.82) is 0 Å². The minimum atomic E-state index is -3.75. The molecular weight excluding hydrogens is 418 g/mol. The fraction of sp³-hybridized carbons (Fsp3) is 0.269. The summed E-state index contributed by atoms with van der Waals surface area (Å²) < 4.78 is 28.1. The molecule has 0 fully saturated rings. The molecule has 0 aliphatic heterocycles. The third-order valence-corrected chi connectivity index (χ3v) is 7.26. The first-order valence-corrected chi connectivity index (χ1v) is 12.3. The molecule has 0 aliphatic rings. The number of aryl methyl sites for hydroxylation is 1. The lowest BCUT2D eigenvalue weighted by Crippen LogP contribution is -2.12. The Bertz CT molecular complexity index is 1330. The van der Waals surface area contributed by atoms with Gasteiger partial charge in [0, 0.05) is 35.4 Å². The summed E-state index contributed by atoms with van der Waals surface area (Å²) in [5, 5.41) is 4.37. The van der Waals surface area contributed by atoms with E-state index in [9.17, 15) is 8.42 Å². The van der Waals surface area contributed by atoms with Crippen LogP contribution in [0.5, 0.6) is 0 Å². The zero-order valence-electron chi connectivity index (χ0n) is 19.0. The van der Waals surface area contributed by atoms with Crippen LogP contribution in [0.1, 0.15) is 45.2 Å². The van der Waals surface area contributed by atoms with Gasteiger partial charge < -0.3 is 5.32 Å². The van der Waals surface area contributed by atoms with Crippen LogP contribution in [-0.4, -0.2) is 17.4 Å². The van der Waals surface area contributed by atoms with Crippen molar-refractivity contribution in [2.45, 2.75) is 50.8 Å². The number of hydrogen-bond donors (Lipinski definition) is 1. The van der Waals surface area contributed by atoms with Crippen molar-refractivity contribution >= 4 is 32.3 Å². The second kappa shape index (κ2) is 8.43. The highest BCUT2D eigenvalue weighted by Crippen LogP contribution is 2.31. The van der Waals surface area contributed by atoms with Gasteiger partial charge in [0.2, 0.25) is 0 Å². The number of rotatable bonds is 6. The number of hydrogen-bond acceptors (Lipinski definition) is 4. The zero-order chi connectivity index (χ0) is 22.9. The molecule has 4 aromatic rings. The van der Waals surface area contributed by atoms with Crippen molar-refractivity contribution in [3.63, 3.8) is 0 Å². The predicted molar refractivity (Wildman–Crippen MR) is 131 cm³/mol. The lowest BCUT2D eigenvalue weighted by atomic mass is 9.87. The number of fused-ring (bicyclic) bond motifs is 1. The summed E-state index contributed by atoms with van der Waals surface area (Å²) in [7, 11) is -3.75. The Hall–Kier alpha value is -3.12. The van der Waals surface area contributed by atoms with Gasteiger partial charge in [0.15, 0.2) is 0 Å². The van der Waals surface area contributed by atoms with E-state index >= 15 is 0 Å². The first-order valence-electron chi connectivity index (χ1n) is 10.9. The number of anilines is 2. The van der Waals surface area contributed by atoms with Crippen molar-refractivity contribution in [3.05, 3.63) is 84.3 Å². The van der Waals surface area contributed by atoms with Crippen LogP contribution in [0.2, 0.25) is 0 Å². The van der Waals surface area contributed by atoms with Crippen LogP contribution >= 0.6 is 0 Å². The molecule has 0 unspecified atom stereocenters. The Morgan fingerprint density at radius 1 is 1.00 bits per heavy atom. The Morgan fingerprint density at radius 3 is 2.34 bits per heavy atom. The summed E-state index contributed by atoms with van der Waals surface area (Å²) in [6.45, 7) is 8.66. The van der Waals surface area contributed by atoms with Gasteiger partial charge in [-0.3, -0.25) is 4.98 Å². The molecule has 1 N–H and O–H groups in total. The van der Waals surface area contributed by atoms with E-state index in [1.807, 2.05) is 18.2 Å². The van der Waals surface area contributed by atoms with Crippen LogP contribution in [-0.2, 0) is 21.9 Å². The molecule has 0 saturated heterocycles. The van der Waals surface area contributed by atoms with E-state index in [1.165, 1.54) is 15.7 Å². The minimum Gasteiger partial charge on any atom is -0.355 e. The highest BCUT2D eigenvalue weighted by Gasteiger charge is 2.21. The van der Waals surface area contributed by atoms with E-state index in [1.54, 1.807) is 24.5 Å². The third-order valence-electron chi connectivity index (χ3n) is 5.60. The van der Waals surface area contributed by atoms with Gasteiger partial charge in [0.1, 0.15) is 4.90 Å². The molecule has 0 amide bonds. The largest absolute Gasteiger partial charge is 0.355 e. The molecule has 2 aromatic carbocycles. The summed E-state index contributed by atoms with van der Waals surface area (Å²) in [5.74, 6) is 0. The average Bonchev–Trinajstić information content (AvgIpc) is 3.13. The van der Waals surface area contributed by atoms with Crippen molar-refractivity contribution in [2.24, 2.45) is 0 Å². The van der Waals surface area contributed by atoms with E-state index in [0.717, 1.165) is 35.2 Å². The Balaban J connectivity index is 1.77. The molecule has 0 atom stereocenters. The first kappa shape index (κ1) is 22.1. The third kappa shape index (κ3) is 4.28. The molecule has 5 nitrogen and oxygen atoms in total. The number of benzene rings is 2. The van der Waals surface area contributed by atoms with Gasteiger partial charge in [-0.05, 0) is 59.4 Å². The number of nitrogens with zero attached hydrogens (tertiary/aromatic N) is 2. The summed E-state index contributed by atoms with van der Waals surface area (Å²) in [5.41, 5.74) is 4.84. The molecule has 0 aliphatic carbocycles. The normalized spacial score (nSPS) is 12.2. The summed E-state index contributed by atoms with van der Waals surface area (Å²) in [4.78, 5) is 4.17.